The number of ketones is 1. The Morgan fingerprint density at radius 3 is 2.21 bits per heavy atom. The van der Waals surface area contributed by atoms with Gasteiger partial charge in [0.05, 0.1) is 24.0 Å². The molecule has 0 aliphatic heterocycles. The molecule has 0 bridgehead atoms. The Labute approximate surface area is 202 Å². The zero-order valence-corrected chi connectivity index (χ0v) is 22.5. The van der Waals surface area contributed by atoms with E-state index in [2.05, 4.69) is 25.7 Å². The van der Waals surface area contributed by atoms with E-state index in [0.717, 1.165) is 24.8 Å². The monoisotopic (exact) mass is 464 g/mol. The minimum Gasteiger partial charge on any atom is -0.457 e. The standard InChI is InChI=1S/C28H48O5/c1-11-14-15-16-18-21(5)26(32-10)22(6)27(30)28(7,8)24(31-9)19-25(29)33-23(17-12-2)20(4)13-3/h11-14,21-24,26H,2,15-19H2,1,3-10H3/b14-11-,20-13+. The van der Waals surface area contributed by atoms with Gasteiger partial charge in [-0.1, -0.05) is 52.0 Å². The number of Topliss-reactive ketones (excluding diaryl/α,β-unsaturated/α-hetero) is 1. The molecule has 0 aromatic carbocycles. The quantitative estimate of drug-likeness (QED) is 0.140. The largest absolute Gasteiger partial charge is 0.457 e. The zero-order valence-electron chi connectivity index (χ0n) is 22.5. The van der Waals surface area contributed by atoms with Crippen LogP contribution in [0.3, 0.4) is 0 Å². The van der Waals surface area contributed by atoms with Crippen LogP contribution < -0.4 is 0 Å². The van der Waals surface area contributed by atoms with E-state index in [9.17, 15) is 9.59 Å². The van der Waals surface area contributed by atoms with Crippen LogP contribution in [0.15, 0.2) is 36.5 Å². The van der Waals surface area contributed by atoms with Gasteiger partial charge in [0.15, 0.2) is 0 Å². The van der Waals surface area contributed by atoms with E-state index in [1.54, 1.807) is 13.2 Å². The van der Waals surface area contributed by atoms with Crippen molar-refractivity contribution in [1.29, 1.82) is 0 Å². The van der Waals surface area contributed by atoms with E-state index < -0.39 is 11.5 Å². The number of rotatable bonds is 17. The number of allylic oxidation sites excluding steroid dienone is 3. The van der Waals surface area contributed by atoms with Crippen molar-refractivity contribution in [2.75, 3.05) is 14.2 Å². The third-order valence-corrected chi connectivity index (χ3v) is 6.70. The molecule has 0 aliphatic rings. The molecule has 0 saturated heterocycles. The summed E-state index contributed by atoms with van der Waals surface area (Å²) in [5.41, 5.74) is 0.0885. The number of hydrogen-bond donors (Lipinski definition) is 0. The molecule has 5 nitrogen and oxygen atoms in total. The lowest BCUT2D eigenvalue weighted by Crippen LogP contribution is -2.46. The predicted octanol–water partition coefficient (Wildman–Crippen LogP) is 6.47. The third kappa shape index (κ3) is 9.97. The van der Waals surface area contributed by atoms with Crippen LogP contribution in [0.2, 0.25) is 0 Å². The fourth-order valence-corrected chi connectivity index (χ4v) is 4.37. The molecule has 0 rings (SSSR count). The Bertz CT molecular complexity index is 661. The number of methoxy groups -OCH3 is 2. The molecule has 0 aliphatic carbocycles. The van der Waals surface area contributed by atoms with Gasteiger partial charge in [-0.15, -0.1) is 6.58 Å². The molecule has 0 radical (unpaired) electrons. The van der Waals surface area contributed by atoms with Crippen molar-refractivity contribution < 1.29 is 23.8 Å². The number of ether oxygens (including phenoxy) is 3. The zero-order chi connectivity index (χ0) is 25.6. The third-order valence-electron chi connectivity index (χ3n) is 6.70. The highest BCUT2D eigenvalue weighted by Gasteiger charge is 2.43. The number of carbonyl (C=O) groups excluding carboxylic acids is 2. The summed E-state index contributed by atoms with van der Waals surface area (Å²) in [6.07, 6.45) is 10.3. The molecule has 5 unspecified atom stereocenters. The van der Waals surface area contributed by atoms with Crippen molar-refractivity contribution in [2.45, 2.75) is 98.9 Å². The normalized spacial score (nSPS) is 17.3. The lowest BCUT2D eigenvalue weighted by atomic mass is 9.72. The van der Waals surface area contributed by atoms with Crippen LogP contribution in [0.5, 0.6) is 0 Å². The van der Waals surface area contributed by atoms with Crippen molar-refractivity contribution in [3.8, 4) is 0 Å². The Kier molecular flexibility index (Phi) is 15.2. The summed E-state index contributed by atoms with van der Waals surface area (Å²) in [6.45, 7) is 17.3. The van der Waals surface area contributed by atoms with Gasteiger partial charge in [-0.3, -0.25) is 9.59 Å². The summed E-state index contributed by atoms with van der Waals surface area (Å²) < 4.78 is 17.1. The number of esters is 1. The van der Waals surface area contributed by atoms with Crippen molar-refractivity contribution in [3.63, 3.8) is 0 Å². The summed E-state index contributed by atoms with van der Waals surface area (Å²) in [5.74, 6) is -0.441. The number of unbranched alkanes of at least 4 members (excludes halogenated alkanes) is 1. The highest BCUT2D eigenvalue weighted by atomic mass is 16.5. The molecule has 190 valence electrons. The van der Waals surface area contributed by atoms with Crippen LogP contribution in [0.1, 0.15) is 80.6 Å². The maximum atomic E-state index is 13.6. The summed E-state index contributed by atoms with van der Waals surface area (Å²) in [7, 11) is 3.20. The topological polar surface area (TPSA) is 61.8 Å². The summed E-state index contributed by atoms with van der Waals surface area (Å²) in [5, 5.41) is 0. The maximum Gasteiger partial charge on any atom is 0.309 e. The lowest BCUT2D eigenvalue weighted by molar-refractivity contribution is -0.156. The van der Waals surface area contributed by atoms with Gasteiger partial charge in [-0.25, -0.2) is 0 Å². The second-order valence-corrected chi connectivity index (χ2v) is 9.52. The molecular weight excluding hydrogens is 416 g/mol. The van der Waals surface area contributed by atoms with Crippen LogP contribution in [0.4, 0.5) is 0 Å². The molecule has 0 heterocycles. The van der Waals surface area contributed by atoms with Crippen molar-refractivity contribution in [3.05, 3.63) is 36.5 Å². The van der Waals surface area contributed by atoms with Gasteiger partial charge >= 0.3 is 5.97 Å². The van der Waals surface area contributed by atoms with Crippen molar-refractivity contribution in [2.24, 2.45) is 17.3 Å². The molecule has 0 aromatic heterocycles. The van der Waals surface area contributed by atoms with Gasteiger partial charge in [0.2, 0.25) is 0 Å². The molecule has 0 saturated carbocycles. The van der Waals surface area contributed by atoms with Gasteiger partial charge in [-0.2, -0.15) is 0 Å². The molecule has 0 N–H and O–H groups in total. The first-order chi connectivity index (χ1) is 15.5. The van der Waals surface area contributed by atoms with Crippen LogP contribution in [0, 0.1) is 17.3 Å². The minimum absolute atomic E-state index is 0.00313. The van der Waals surface area contributed by atoms with E-state index in [0.29, 0.717) is 6.42 Å². The maximum absolute atomic E-state index is 13.6. The highest BCUT2D eigenvalue weighted by molar-refractivity contribution is 5.88. The fraction of sp³-hybridized carbons (Fsp3) is 0.714. The number of hydrogen-bond acceptors (Lipinski definition) is 5. The van der Waals surface area contributed by atoms with E-state index >= 15 is 0 Å². The smallest absolute Gasteiger partial charge is 0.309 e. The average Bonchev–Trinajstić information content (AvgIpc) is 2.79. The van der Waals surface area contributed by atoms with E-state index in [4.69, 9.17) is 14.2 Å². The first-order valence-electron chi connectivity index (χ1n) is 12.2. The first kappa shape index (κ1) is 31.3. The van der Waals surface area contributed by atoms with Crippen molar-refractivity contribution >= 4 is 11.8 Å². The molecule has 0 aromatic rings. The lowest BCUT2D eigenvalue weighted by Gasteiger charge is -2.37. The summed E-state index contributed by atoms with van der Waals surface area (Å²) in [6, 6.07) is 0. The van der Waals surface area contributed by atoms with Crippen LogP contribution in [-0.2, 0) is 23.8 Å². The molecule has 0 fully saturated rings. The van der Waals surface area contributed by atoms with Gasteiger partial charge < -0.3 is 14.2 Å². The Morgan fingerprint density at radius 1 is 1.09 bits per heavy atom. The summed E-state index contributed by atoms with van der Waals surface area (Å²) >= 11 is 0. The predicted molar refractivity (Wildman–Crippen MR) is 136 cm³/mol. The second kappa shape index (κ2) is 16.0. The molecule has 33 heavy (non-hydrogen) atoms. The first-order valence-corrected chi connectivity index (χ1v) is 12.2. The molecule has 5 heteroatoms. The van der Waals surface area contributed by atoms with Gasteiger partial charge in [0.25, 0.3) is 0 Å². The van der Waals surface area contributed by atoms with E-state index in [-0.39, 0.29) is 42.2 Å². The van der Waals surface area contributed by atoms with E-state index in [1.165, 1.54) is 7.11 Å². The molecular formula is C28H48O5. The number of carbonyl (C=O) groups is 2. The Hall–Kier alpha value is -1.72. The fourth-order valence-electron chi connectivity index (χ4n) is 4.37. The van der Waals surface area contributed by atoms with Crippen LogP contribution in [-0.4, -0.2) is 44.3 Å². The molecule has 0 amide bonds. The Morgan fingerprint density at radius 2 is 1.73 bits per heavy atom. The van der Waals surface area contributed by atoms with E-state index in [1.807, 2.05) is 47.6 Å². The second-order valence-electron chi connectivity index (χ2n) is 9.52. The minimum atomic E-state index is -0.877. The Balaban J connectivity index is 5.34. The van der Waals surface area contributed by atoms with Crippen LogP contribution in [0.25, 0.3) is 0 Å². The summed E-state index contributed by atoms with van der Waals surface area (Å²) in [4.78, 5) is 26.3. The van der Waals surface area contributed by atoms with Gasteiger partial charge in [-0.05, 0) is 51.5 Å². The SMILES string of the molecule is C=CCC(OC(=O)CC(OC)C(C)(C)C(=O)C(C)C(OC)C(C)CCC/C=C\C)/C(C)=C/C. The van der Waals surface area contributed by atoms with Gasteiger partial charge in [0, 0.05) is 26.6 Å². The van der Waals surface area contributed by atoms with Crippen molar-refractivity contribution in [1.82, 2.24) is 0 Å². The average molecular weight is 465 g/mol. The van der Waals surface area contributed by atoms with Crippen LogP contribution >= 0.6 is 0 Å². The highest BCUT2D eigenvalue weighted by Crippen LogP contribution is 2.34. The van der Waals surface area contributed by atoms with Gasteiger partial charge in [0.1, 0.15) is 11.9 Å². The molecule has 5 atom stereocenters. The molecule has 0 spiro atoms.